The molecule has 1 aromatic heterocycles. The van der Waals surface area contributed by atoms with Crippen molar-refractivity contribution < 1.29 is 23.7 Å². The highest BCUT2D eigenvalue weighted by Gasteiger charge is 2.36. The average molecular weight is 448 g/mol. The molecule has 0 radical (unpaired) electrons. The summed E-state index contributed by atoms with van der Waals surface area (Å²) in [5.41, 5.74) is 1.48. The number of furan rings is 1. The van der Waals surface area contributed by atoms with Gasteiger partial charge in [0.05, 0.1) is 16.4 Å². The van der Waals surface area contributed by atoms with Gasteiger partial charge in [0, 0.05) is 28.8 Å². The second-order valence-electron chi connectivity index (χ2n) is 6.99. The lowest BCUT2D eigenvalue weighted by atomic mass is 10.1. The molecule has 0 bridgehead atoms. The van der Waals surface area contributed by atoms with E-state index in [-0.39, 0.29) is 28.5 Å². The molecule has 0 aliphatic carbocycles. The van der Waals surface area contributed by atoms with E-state index >= 15 is 0 Å². The Morgan fingerprint density at radius 3 is 2.50 bits per heavy atom. The van der Waals surface area contributed by atoms with E-state index in [2.05, 4.69) is 0 Å². The van der Waals surface area contributed by atoms with E-state index in [0.717, 1.165) is 22.2 Å². The van der Waals surface area contributed by atoms with E-state index in [4.69, 9.17) is 4.42 Å². The van der Waals surface area contributed by atoms with Gasteiger partial charge < -0.3 is 4.42 Å². The van der Waals surface area contributed by atoms with Gasteiger partial charge in [0.2, 0.25) is 0 Å². The van der Waals surface area contributed by atoms with Crippen molar-refractivity contribution >= 4 is 40.5 Å². The number of nitrogens with zero attached hydrogens (tertiary/aromatic N) is 2. The molecular formula is C23H16N2O6S. The smallest absolute Gasteiger partial charge is 0.293 e. The summed E-state index contributed by atoms with van der Waals surface area (Å²) in [4.78, 5) is 48.4. The number of rotatable bonds is 6. The summed E-state index contributed by atoms with van der Waals surface area (Å²) in [5.74, 6) is 0.354. The minimum absolute atomic E-state index is 0.0340. The number of para-hydroxylation sites is 1. The SMILES string of the molecule is CC(=O)c1ccc(-c2ccc(/C=C3/SC(=O)N(Cc4ccccc4[N+](=O)[O-])C3=O)o2)cc1. The zero-order valence-corrected chi connectivity index (χ0v) is 17.6. The minimum Gasteiger partial charge on any atom is -0.457 e. The molecular weight excluding hydrogens is 432 g/mol. The number of thioether (sulfide) groups is 1. The molecule has 32 heavy (non-hydrogen) atoms. The maximum Gasteiger partial charge on any atom is 0.293 e. The lowest BCUT2D eigenvalue weighted by Gasteiger charge is -2.12. The van der Waals surface area contributed by atoms with Crippen LogP contribution in [0.15, 0.2) is 70.0 Å². The quantitative estimate of drug-likeness (QED) is 0.218. The Labute approximate surface area is 186 Å². The first-order valence-electron chi connectivity index (χ1n) is 9.52. The number of benzene rings is 2. The number of nitro benzene ring substituents is 1. The van der Waals surface area contributed by atoms with Crippen molar-refractivity contribution in [3.05, 3.63) is 92.6 Å². The molecule has 160 valence electrons. The van der Waals surface area contributed by atoms with Crippen LogP contribution in [0.5, 0.6) is 0 Å². The van der Waals surface area contributed by atoms with E-state index in [9.17, 15) is 24.5 Å². The van der Waals surface area contributed by atoms with Gasteiger partial charge in [0.1, 0.15) is 11.5 Å². The van der Waals surface area contributed by atoms with Crippen molar-refractivity contribution in [2.75, 3.05) is 0 Å². The number of hydrogen-bond donors (Lipinski definition) is 0. The van der Waals surface area contributed by atoms with Crippen LogP contribution >= 0.6 is 11.8 Å². The average Bonchev–Trinajstić information content (AvgIpc) is 3.34. The fourth-order valence-electron chi connectivity index (χ4n) is 3.21. The van der Waals surface area contributed by atoms with Gasteiger partial charge in [0.25, 0.3) is 16.8 Å². The molecule has 0 saturated carbocycles. The van der Waals surface area contributed by atoms with Crippen LogP contribution in [0.1, 0.15) is 28.6 Å². The summed E-state index contributed by atoms with van der Waals surface area (Å²) in [6.45, 7) is 1.30. The largest absolute Gasteiger partial charge is 0.457 e. The van der Waals surface area contributed by atoms with Gasteiger partial charge in [-0.2, -0.15) is 0 Å². The fraction of sp³-hybridized carbons (Fsp3) is 0.0870. The highest BCUT2D eigenvalue weighted by molar-refractivity contribution is 8.18. The Morgan fingerprint density at radius 2 is 1.81 bits per heavy atom. The third-order valence-electron chi connectivity index (χ3n) is 4.87. The number of imide groups is 1. The number of carbonyl (C=O) groups is 3. The van der Waals surface area contributed by atoms with Crippen LogP contribution in [-0.4, -0.2) is 26.8 Å². The predicted molar refractivity (Wildman–Crippen MR) is 119 cm³/mol. The zero-order valence-electron chi connectivity index (χ0n) is 16.8. The number of hydrogen-bond acceptors (Lipinski definition) is 7. The molecule has 4 rings (SSSR count). The van der Waals surface area contributed by atoms with E-state index < -0.39 is 16.1 Å². The van der Waals surface area contributed by atoms with Crippen LogP contribution < -0.4 is 0 Å². The molecule has 0 N–H and O–H groups in total. The lowest BCUT2D eigenvalue weighted by Crippen LogP contribution is -2.27. The molecule has 8 nitrogen and oxygen atoms in total. The second kappa shape index (κ2) is 8.64. The molecule has 9 heteroatoms. The van der Waals surface area contributed by atoms with Gasteiger partial charge in [-0.15, -0.1) is 0 Å². The van der Waals surface area contributed by atoms with Crippen molar-refractivity contribution in [3.8, 4) is 11.3 Å². The van der Waals surface area contributed by atoms with E-state index in [1.165, 1.54) is 31.2 Å². The molecule has 1 aliphatic heterocycles. The molecule has 0 spiro atoms. The number of amides is 2. The van der Waals surface area contributed by atoms with Crippen LogP contribution in [0.3, 0.4) is 0 Å². The first kappa shape index (κ1) is 21.3. The topological polar surface area (TPSA) is 111 Å². The molecule has 1 fully saturated rings. The van der Waals surface area contributed by atoms with Crippen LogP contribution in [0, 0.1) is 10.1 Å². The standard InChI is InChI=1S/C23H16N2O6S/c1-14(26)15-6-8-16(9-7-15)20-11-10-18(31-20)12-21-22(27)24(23(28)32-21)13-17-4-2-3-5-19(17)25(29)30/h2-12H,13H2,1H3/b21-12+. The van der Waals surface area contributed by atoms with Gasteiger partial charge in [-0.25, -0.2) is 0 Å². The Balaban J connectivity index is 1.54. The molecule has 2 amide bonds. The molecule has 0 unspecified atom stereocenters. The van der Waals surface area contributed by atoms with E-state index in [1.807, 2.05) is 0 Å². The number of nitro groups is 1. The lowest BCUT2D eigenvalue weighted by molar-refractivity contribution is -0.385. The number of ketones is 1. The summed E-state index contributed by atoms with van der Waals surface area (Å²) < 4.78 is 5.77. The Hall–Kier alpha value is -3.98. The van der Waals surface area contributed by atoms with E-state index in [1.54, 1.807) is 42.5 Å². The van der Waals surface area contributed by atoms with Crippen LogP contribution in [0.2, 0.25) is 0 Å². The van der Waals surface area contributed by atoms with Gasteiger partial charge in [-0.1, -0.05) is 42.5 Å². The molecule has 2 heterocycles. The maximum atomic E-state index is 12.8. The number of Topliss-reactive ketones (excluding diaryl/α,β-unsaturated/α-hetero) is 1. The summed E-state index contributed by atoms with van der Waals surface area (Å²) in [5, 5.41) is 10.7. The van der Waals surface area contributed by atoms with Gasteiger partial charge in [-0.05, 0) is 30.8 Å². The van der Waals surface area contributed by atoms with Crippen molar-refractivity contribution in [2.45, 2.75) is 13.5 Å². The van der Waals surface area contributed by atoms with Crippen LogP contribution in [0.25, 0.3) is 17.4 Å². The molecule has 0 atom stereocenters. The zero-order chi connectivity index (χ0) is 22.8. The van der Waals surface area contributed by atoms with Gasteiger partial charge >= 0.3 is 0 Å². The predicted octanol–water partition coefficient (Wildman–Crippen LogP) is 5.29. The summed E-state index contributed by atoms with van der Waals surface area (Å²) in [7, 11) is 0. The second-order valence-corrected chi connectivity index (χ2v) is 7.98. The summed E-state index contributed by atoms with van der Waals surface area (Å²) in [6.07, 6.45) is 1.47. The van der Waals surface area contributed by atoms with Gasteiger partial charge in [-0.3, -0.25) is 29.4 Å². The first-order valence-corrected chi connectivity index (χ1v) is 10.3. The Bertz CT molecular complexity index is 1280. The first-order chi connectivity index (χ1) is 15.3. The van der Waals surface area contributed by atoms with Crippen molar-refractivity contribution in [1.82, 2.24) is 4.90 Å². The molecule has 3 aromatic rings. The Morgan fingerprint density at radius 1 is 1.09 bits per heavy atom. The van der Waals surface area contributed by atoms with Crippen LogP contribution in [-0.2, 0) is 11.3 Å². The molecule has 2 aromatic carbocycles. The molecule has 1 aliphatic rings. The third-order valence-corrected chi connectivity index (χ3v) is 5.77. The maximum absolute atomic E-state index is 12.8. The summed E-state index contributed by atoms with van der Waals surface area (Å²) in [6, 6.07) is 16.3. The number of carbonyl (C=O) groups excluding carboxylic acids is 3. The summed E-state index contributed by atoms with van der Waals surface area (Å²) >= 11 is 0.752. The monoisotopic (exact) mass is 448 g/mol. The van der Waals surface area contributed by atoms with Crippen molar-refractivity contribution in [3.63, 3.8) is 0 Å². The third kappa shape index (κ3) is 4.23. The minimum atomic E-state index is -0.544. The van der Waals surface area contributed by atoms with E-state index in [0.29, 0.717) is 17.1 Å². The van der Waals surface area contributed by atoms with Crippen LogP contribution in [0.4, 0.5) is 10.5 Å². The van der Waals surface area contributed by atoms with Gasteiger partial charge in [0.15, 0.2) is 5.78 Å². The highest BCUT2D eigenvalue weighted by Crippen LogP contribution is 2.35. The molecule has 1 saturated heterocycles. The van der Waals surface area contributed by atoms with Crippen molar-refractivity contribution in [1.29, 1.82) is 0 Å². The Kier molecular flexibility index (Phi) is 5.74. The fourth-order valence-corrected chi connectivity index (χ4v) is 4.03. The van der Waals surface area contributed by atoms with Crippen molar-refractivity contribution in [2.24, 2.45) is 0 Å². The normalized spacial score (nSPS) is 14.9. The highest BCUT2D eigenvalue weighted by atomic mass is 32.2.